The van der Waals surface area contributed by atoms with Gasteiger partial charge in [-0.2, -0.15) is 0 Å². The van der Waals surface area contributed by atoms with Crippen LogP contribution in [0.1, 0.15) is 34.7 Å². The van der Waals surface area contributed by atoms with E-state index in [0.717, 1.165) is 48.2 Å². The van der Waals surface area contributed by atoms with E-state index in [9.17, 15) is 4.79 Å². The van der Waals surface area contributed by atoms with E-state index in [-0.39, 0.29) is 0 Å². The van der Waals surface area contributed by atoms with Gasteiger partial charge in [0.2, 0.25) is 5.91 Å². The lowest BCUT2D eigenvalue weighted by Crippen LogP contribution is -2.26. The van der Waals surface area contributed by atoms with Crippen molar-refractivity contribution >= 4 is 11.7 Å². The summed E-state index contributed by atoms with van der Waals surface area (Å²) in [6.45, 7) is 2.14. The zero-order valence-corrected chi connectivity index (χ0v) is 15.7. The van der Waals surface area contributed by atoms with Gasteiger partial charge < -0.3 is 16.8 Å². The molecule has 0 aliphatic carbocycles. The number of aromatic nitrogens is 1. The molecular weight excluding hydrogens is 348 g/mol. The van der Waals surface area contributed by atoms with Gasteiger partial charge in [0.05, 0.1) is 0 Å². The first-order chi connectivity index (χ1) is 13.6. The van der Waals surface area contributed by atoms with Gasteiger partial charge in [-0.05, 0) is 66.7 Å². The predicted octanol–water partition coefficient (Wildman–Crippen LogP) is 3.56. The van der Waals surface area contributed by atoms with Crippen LogP contribution in [0.15, 0.2) is 60.8 Å². The molecular formula is C23H24N4O. The van der Waals surface area contributed by atoms with Crippen molar-refractivity contribution < 1.29 is 4.79 Å². The van der Waals surface area contributed by atoms with Crippen molar-refractivity contribution in [2.75, 3.05) is 18.8 Å². The number of nitrogens with one attached hydrogen (secondary N) is 1. The SMILES string of the molecule is NC(=O)c1cccc(-c2cc(-c3cccc(C4CCNCC4)c3)cnc2N)c1. The highest BCUT2D eigenvalue weighted by Crippen LogP contribution is 2.32. The summed E-state index contributed by atoms with van der Waals surface area (Å²) < 4.78 is 0. The Morgan fingerprint density at radius 1 is 0.964 bits per heavy atom. The van der Waals surface area contributed by atoms with Crippen LogP contribution in [0.5, 0.6) is 0 Å². The highest BCUT2D eigenvalue weighted by Gasteiger charge is 2.16. The first-order valence-corrected chi connectivity index (χ1v) is 9.58. The molecule has 1 amide bonds. The molecule has 1 aromatic heterocycles. The zero-order chi connectivity index (χ0) is 19.5. The third-order valence-electron chi connectivity index (χ3n) is 5.41. The van der Waals surface area contributed by atoms with E-state index in [1.54, 1.807) is 24.4 Å². The number of benzene rings is 2. The van der Waals surface area contributed by atoms with E-state index < -0.39 is 5.91 Å². The lowest BCUT2D eigenvalue weighted by molar-refractivity contribution is 0.100. The molecule has 0 atom stereocenters. The third kappa shape index (κ3) is 3.75. The number of nitrogen functional groups attached to an aromatic ring is 1. The molecule has 0 unspecified atom stereocenters. The number of nitrogens with zero attached hydrogens (tertiary/aromatic N) is 1. The fourth-order valence-corrected chi connectivity index (χ4v) is 3.83. The van der Waals surface area contributed by atoms with Crippen LogP contribution < -0.4 is 16.8 Å². The van der Waals surface area contributed by atoms with Crippen molar-refractivity contribution in [2.24, 2.45) is 5.73 Å². The Labute approximate surface area is 164 Å². The van der Waals surface area contributed by atoms with E-state index in [0.29, 0.717) is 17.3 Å². The van der Waals surface area contributed by atoms with Gasteiger partial charge >= 0.3 is 0 Å². The lowest BCUT2D eigenvalue weighted by Gasteiger charge is -2.23. The van der Waals surface area contributed by atoms with E-state index in [1.807, 2.05) is 12.1 Å². The molecule has 1 aliphatic rings. The van der Waals surface area contributed by atoms with Gasteiger partial charge in [-0.25, -0.2) is 4.98 Å². The Balaban J connectivity index is 1.71. The van der Waals surface area contributed by atoms with Gasteiger partial charge in [-0.3, -0.25) is 4.79 Å². The van der Waals surface area contributed by atoms with Crippen LogP contribution >= 0.6 is 0 Å². The molecule has 0 spiro atoms. The number of piperidine rings is 1. The highest BCUT2D eigenvalue weighted by molar-refractivity contribution is 5.94. The number of nitrogens with two attached hydrogens (primary N) is 2. The van der Waals surface area contributed by atoms with Crippen molar-refractivity contribution in [3.8, 4) is 22.3 Å². The number of primary amides is 1. The monoisotopic (exact) mass is 372 g/mol. The molecule has 4 rings (SSSR count). The summed E-state index contributed by atoms with van der Waals surface area (Å²) in [5.74, 6) is 0.564. The summed E-state index contributed by atoms with van der Waals surface area (Å²) in [6.07, 6.45) is 4.13. The molecule has 1 aliphatic heterocycles. The maximum atomic E-state index is 11.5. The molecule has 142 valence electrons. The Morgan fingerprint density at radius 3 is 2.50 bits per heavy atom. The largest absolute Gasteiger partial charge is 0.383 e. The normalized spacial score (nSPS) is 14.7. The molecule has 28 heavy (non-hydrogen) atoms. The second kappa shape index (κ2) is 7.82. The van der Waals surface area contributed by atoms with Crippen LogP contribution in [-0.2, 0) is 0 Å². The second-order valence-corrected chi connectivity index (χ2v) is 7.25. The van der Waals surface area contributed by atoms with Crippen LogP contribution in [0.3, 0.4) is 0 Å². The minimum absolute atomic E-state index is 0.430. The number of carbonyl (C=O) groups excluding carboxylic acids is 1. The standard InChI is InChI=1S/C23H24N4O/c24-22-21(18-5-2-6-19(12-18)23(25)28)13-20(14-27-22)17-4-1-3-16(11-17)15-7-9-26-10-8-15/h1-6,11-15,26H,7-10H2,(H2,24,27)(H2,25,28). The number of hydrogen-bond donors (Lipinski definition) is 3. The number of carbonyl (C=O) groups is 1. The summed E-state index contributed by atoms with van der Waals surface area (Å²) in [5.41, 5.74) is 17.1. The fraction of sp³-hybridized carbons (Fsp3) is 0.217. The number of pyridine rings is 1. The maximum absolute atomic E-state index is 11.5. The molecule has 2 heterocycles. The van der Waals surface area contributed by atoms with Gasteiger partial charge in [0.1, 0.15) is 5.82 Å². The molecule has 1 saturated heterocycles. The second-order valence-electron chi connectivity index (χ2n) is 7.25. The highest BCUT2D eigenvalue weighted by atomic mass is 16.1. The van der Waals surface area contributed by atoms with Gasteiger partial charge in [0.15, 0.2) is 0 Å². The molecule has 1 fully saturated rings. The average molecular weight is 372 g/mol. The quantitative estimate of drug-likeness (QED) is 0.653. The summed E-state index contributed by atoms with van der Waals surface area (Å²) in [5, 5.41) is 3.42. The van der Waals surface area contributed by atoms with Crippen LogP contribution in [0.2, 0.25) is 0 Å². The fourth-order valence-electron chi connectivity index (χ4n) is 3.83. The molecule has 0 saturated carbocycles. The molecule has 0 bridgehead atoms. The van der Waals surface area contributed by atoms with Crippen LogP contribution in [0, 0.1) is 0 Å². The minimum Gasteiger partial charge on any atom is -0.383 e. The average Bonchev–Trinajstić information content (AvgIpc) is 2.75. The van der Waals surface area contributed by atoms with Crippen LogP contribution in [-0.4, -0.2) is 24.0 Å². The van der Waals surface area contributed by atoms with Crippen molar-refractivity contribution in [2.45, 2.75) is 18.8 Å². The lowest BCUT2D eigenvalue weighted by atomic mass is 9.88. The van der Waals surface area contributed by atoms with E-state index in [2.05, 4.69) is 34.6 Å². The predicted molar refractivity (Wildman–Crippen MR) is 113 cm³/mol. The summed E-state index contributed by atoms with van der Waals surface area (Å²) >= 11 is 0. The Bertz CT molecular complexity index is 1010. The van der Waals surface area contributed by atoms with Gasteiger partial charge in [-0.1, -0.05) is 36.4 Å². The zero-order valence-electron chi connectivity index (χ0n) is 15.7. The number of hydrogen-bond acceptors (Lipinski definition) is 4. The summed E-state index contributed by atoms with van der Waals surface area (Å²) in [4.78, 5) is 15.9. The Hall–Kier alpha value is -3.18. The van der Waals surface area contributed by atoms with Gasteiger partial charge in [0.25, 0.3) is 0 Å². The first kappa shape index (κ1) is 18.2. The minimum atomic E-state index is -0.459. The molecule has 3 aromatic rings. The maximum Gasteiger partial charge on any atom is 0.248 e. The van der Waals surface area contributed by atoms with E-state index >= 15 is 0 Å². The first-order valence-electron chi connectivity index (χ1n) is 9.58. The molecule has 5 nitrogen and oxygen atoms in total. The Morgan fingerprint density at radius 2 is 1.71 bits per heavy atom. The number of rotatable bonds is 4. The molecule has 0 radical (unpaired) electrons. The number of anilines is 1. The molecule has 5 heteroatoms. The van der Waals surface area contributed by atoms with Crippen molar-refractivity contribution in [1.82, 2.24) is 10.3 Å². The topological polar surface area (TPSA) is 94.0 Å². The van der Waals surface area contributed by atoms with Crippen LogP contribution in [0.4, 0.5) is 5.82 Å². The summed E-state index contributed by atoms with van der Waals surface area (Å²) in [7, 11) is 0. The van der Waals surface area contributed by atoms with Gasteiger partial charge in [-0.15, -0.1) is 0 Å². The van der Waals surface area contributed by atoms with Gasteiger partial charge in [0, 0.05) is 22.9 Å². The van der Waals surface area contributed by atoms with E-state index in [1.165, 1.54) is 5.56 Å². The number of amides is 1. The third-order valence-corrected chi connectivity index (χ3v) is 5.41. The summed E-state index contributed by atoms with van der Waals surface area (Å²) in [6, 6.07) is 17.9. The molecule has 5 N–H and O–H groups in total. The Kier molecular flexibility index (Phi) is 5.08. The van der Waals surface area contributed by atoms with Crippen molar-refractivity contribution in [1.29, 1.82) is 0 Å². The van der Waals surface area contributed by atoms with Crippen LogP contribution in [0.25, 0.3) is 22.3 Å². The molecule has 2 aromatic carbocycles. The van der Waals surface area contributed by atoms with E-state index in [4.69, 9.17) is 11.5 Å². The smallest absolute Gasteiger partial charge is 0.248 e. The van der Waals surface area contributed by atoms with Crippen molar-refractivity contribution in [3.63, 3.8) is 0 Å². The van der Waals surface area contributed by atoms with Crippen molar-refractivity contribution in [3.05, 3.63) is 71.9 Å².